The summed E-state index contributed by atoms with van der Waals surface area (Å²) in [5, 5.41) is 12.0. The monoisotopic (exact) mass is 454 g/mol. The lowest BCUT2D eigenvalue weighted by Gasteiger charge is -2.15. The van der Waals surface area contributed by atoms with Gasteiger partial charge in [0.2, 0.25) is 5.91 Å². The van der Waals surface area contributed by atoms with E-state index in [1.807, 2.05) is 48.7 Å². The molecule has 9 heteroatoms. The molecule has 168 valence electrons. The van der Waals surface area contributed by atoms with Gasteiger partial charge in [-0.2, -0.15) is 0 Å². The third-order valence-electron chi connectivity index (χ3n) is 4.49. The molecule has 3 rings (SSSR count). The molecule has 32 heavy (non-hydrogen) atoms. The lowest BCUT2D eigenvalue weighted by Crippen LogP contribution is -2.15. The largest absolute Gasteiger partial charge is 0.483 e. The quantitative estimate of drug-likeness (QED) is 0.359. The Bertz CT molecular complexity index is 1040. The van der Waals surface area contributed by atoms with Gasteiger partial charge in [0.25, 0.3) is 0 Å². The summed E-state index contributed by atoms with van der Waals surface area (Å²) in [5.74, 6) is 1.06. The van der Waals surface area contributed by atoms with E-state index in [-0.39, 0.29) is 23.7 Å². The van der Waals surface area contributed by atoms with Crippen molar-refractivity contribution in [2.75, 3.05) is 17.7 Å². The van der Waals surface area contributed by atoms with Crippen molar-refractivity contribution in [3.05, 3.63) is 66.0 Å². The molecule has 2 aromatic carbocycles. The van der Waals surface area contributed by atoms with E-state index in [2.05, 4.69) is 15.5 Å². The van der Waals surface area contributed by atoms with E-state index in [1.54, 1.807) is 31.2 Å². The maximum absolute atomic E-state index is 12.4. The fraction of sp³-hybridized carbons (Fsp3) is 0.304. The topological polar surface area (TPSA) is 95.3 Å². The third-order valence-corrected chi connectivity index (χ3v) is 5.46. The zero-order valence-corrected chi connectivity index (χ0v) is 19.1. The summed E-state index contributed by atoms with van der Waals surface area (Å²) in [5.41, 5.74) is 1.04. The van der Waals surface area contributed by atoms with E-state index < -0.39 is 0 Å². The van der Waals surface area contributed by atoms with Gasteiger partial charge in [-0.25, -0.2) is 4.79 Å². The van der Waals surface area contributed by atoms with Crippen LogP contribution in [0.15, 0.2) is 59.8 Å². The average molecular weight is 455 g/mol. The highest BCUT2D eigenvalue weighted by Crippen LogP contribution is 2.24. The molecule has 8 nitrogen and oxygen atoms in total. The maximum Gasteiger partial charge on any atom is 0.338 e. The van der Waals surface area contributed by atoms with Crippen LogP contribution in [0.4, 0.5) is 5.69 Å². The van der Waals surface area contributed by atoms with Crippen LogP contribution >= 0.6 is 11.8 Å². The molecule has 1 aromatic heterocycles. The van der Waals surface area contributed by atoms with Crippen LogP contribution in [0, 0.1) is 0 Å². The number of amides is 1. The lowest BCUT2D eigenvalue weighted by atomic mass is 10.2. The molecule has 0 aliphatic rings. The normalized spacial score (nSPS) is 11.6. The fourth-order valence-corrected chi connectivity index (χ4v) is 3.80. The van der Waals surface area contributed by atoms with Crippen LogP contribution in [-0.2, 0) is 16.1 Å². The molecule has 3 aromatic rings. The Morgan fingerprint density at radius 2 is 1.78 bits per heavy atom. The summed E-state index contributed by atoms with van der Waals surface area (Å²) < 4.78 is 12.9. The molecule has 0 saturated heterocycles. The molecule has 0 aliphatic heterocycles. The third kappa shape index (κ3) is 6.10. The predicted molar refractivity (Wildman–Crippen MR) is 123 cm³/mol. The van der Waals surface area contributed by atoms with Gasteiger partial charge in [0.05, 0.1) is 17.9 Å². The number of esters is 1. The number of benzene rings is 2. The van der Waals surface area contributed by atoms with Crippen molar-refractivity contribution in [3.63, 3.8) is 0 Å². The van der Waals surface area contributed by atoms with Gasteiger partial charge in [-0.15, -0.1) is 10.2 Å². The van der Waals surface area contributed by atoms with E-state index in [1.165, 1.54) is 11.8 Å². The zero-order chi connectivity index (χ0) is 22.9. The second-order valence-electron chi connectivity index (χ2n) is 6.79. The average Bonchev–Trinajstić information content (AvgIpc) is 3.22. The van der Waals surface area contributed by atoms with E-state index in [4.69, 9.17) is 9.47 Å². The molecule has 1 heterocycles. The van der Waals surface area contributed by atoms with Gasteiger partial charge in [-0.05, 0) is 57.2 Å². The Labute approximate surface area is 191 Å². The standard InChI is InChI=1S/C23H26N4O4S/c1-4-27-21(16(3)31-19-9-7-6-8-10-19)25-26-23(27)32-15-20(28)24-18-13-11-17(12-14-18)22(29)30-5-2/h6-14,16H,4-5,15H2,1-3H3,(H,24,28). The van der Waals surface area contributed by atoms with Crippen LogP contribution < -0.4 is 10.1 Å². The van der Waals surface area contributed by atoms with Gasteiger partial charge in [-0.3, -0.25) is 4.79 Å². The van der Waals surface area contributed by atoms with Gasteiger partial charge >= 0.3 is 5.97 Å². The van der Waals surface area contributed by atoms with Crippen molar-refractivity contribution >= 4 is 29.3 Å². The summed E-state index contributed by atoms with van der Waals surface area (Å²) in [6, 6.07) is 16.1. The number of aromatic nitrogens is 3. The second kappa shape index (κ2) is 11.3. The van der Waals surface area contributed by atoms with Crippen LogP contribution in [0.5, 0.6) is 5.75 Å². The number of thioether (sulfide) groups is 1. The van der Waals surface area contributed by atoms with Gasteiger partial charge in [0.15, 0.2) is 17.1 Å². The molecule has 1 amide bonds. The molecular formula is C23H26N4O4S. The fourth-order valence-electron chi connectivity index (χ4n) is 2.99. The number of para-hydroxylation sites is 1. The molecule has 1 N–H and O–H groups in total. The number of ether oxygens (including phenoxy) is 2. The number of nitrogens with one attached hydrogen (secondary N) is 1. The first kappa shape index (κ1) is 23.3. The molecule has 0 spiro atoms. The van der Waals surface area contributed by atoms with Crippen LogP contribution in [-0.4, -0.2) is 39.0 Å². The first-order valence-corrected chi connectivity index (χ1v) is 11.3. The van der Waals surface area contributed by atoms with Crippen molar-refractivity contribution in [2.24, 2.45) is 0 Å². The van der Waals surface area contributed by atoms with Crippen molar-refractivity contribution < 1.29 is 19.1 Å². The first-order chi connectivity index (χ1) is 15.5. The molecule has 0 fully saturated rings. The Kier molecular flexibility index (Phi) is 8.27. The Balaban J connectivity index is 1.57. The summed E-state index contributed by atoms with van der Waals surface area (Å²) in [4.78, 5) is 24.1. The number of rotatable bonds is 10. The minimum Gasteiger partial charge on any atom is -0.483 e. The molecule has 1 unspecified atom stereocenters. The van der Waals surface area contributed by atoms with Crippen LogP contribution in [0.25, 0.3) is 0 Å². The Morgan fingerprint density at radius 1 is 1.06 bits per heavy atom. The van der Waals surface area contributed by atoms with Gasteiger partial charge < -0.3 is 19.4 Å². The highest BCUT2D eigenvalue weighted by atomic mass is 32.2. The van der Waals surface area contributed by atoms with Crippen LogP contribution in [0.1, 0.15) is 43.1 Å². The number of hydrogen-bond donors (Lipinski definition) is 1. The van der Waals surface area contributed by atoms with E-state index in [0.717, 1.165) is 5.75 Å². The summed E-state index contributed by atoms with van der Waals surface area (Å²) in [6.07, 6.45) is -0.286. The van der Waals surface area contributed by atoms with Crippen molar-refractivity contribution in [1.82, 2.24) is 14.8 Å². The van der Waals surface area contributed by atoms with E-state index in [0.29, 0.717) is 35.4 Å². The minimum atomic E-state index is -0.388. The van der Waals surface area contributed by atoms with Gasteiger partial charge in [-0.1, -0.05) is 30.0 Å². The van der Waals surface area contributed by atoms with Crippen LogP contribution in [0.3, 0.4) is 0 Å². The molecule has 0 aliphatic carbocycles. The maximum atomic E-state index is 12.4. The van der Waals surface area contributed by atoms with Crippen molar-refractivity contribution in [1.29, 1.82) is 0 Å². The minimum absolute atomic E-state index is 0.172. The van der Waals surface area contributed by atoms with E-state index >= 15 is 0 Å². The van der Waals surface area contributed by atoms with Gasteiger partial charge in [0, 0.05) is 12.2 Å². The van der Waals surface area contributed by atoms with Crippen LogP contribution in [0.2, 0.25) is 0 Å². The van der Waals surface area contributed by atoms with Crippen molar-refractivity contribution in [3.8, 4) is 5.75 Å². The van der Waals surface area contributed by atoms with Crippen molar-refractivity contribution in [2.45, 2.75) is 38.6 Å². The number of nitrogens with zero attached hydrogens (tertiary/aromatic N) is 3. The smallest absolute Gasteiger partial charge is 0.338 e. The number of carbonyl (C=O) groups is 2. The highest BCUT2D eigenvalue weighted by Gasteiger charge is 2.19. The summed E-state index contributed by atoms with van der Waals surface area (Å²) in [6.45, 7) is 6.64. The summed E-state index contributed by atoms with van der Waals surface area (Å²) >= 11 is 1.31. The number of hydrogen-bond acceptors (Lipinski definition) is 7. The molecule has 0 bridgehead atoms. The Morgan fingerprint density at radius 3 is 2.44 bits per heavy atom. The van der Waals surface area contributed by atoms with E-state index in [9.17, 15) is 9.59 Å². The lowest BCUT2D eigenvalue weighted by molar-refractivity contribution is -0.113. The molecule has 0 saturated carbocycles. The Hall–Kier alpha value is -3.33. The number of carbonyl (C=O) groups excluding carboxylic acids is 2. The highest BCUT2D eigenvalue weighted by molar-refractivity contribution is 7.99. The molecule has 0 radical (unpaired) electrons. The van der Waals surface area contributed by atoms with Gasteiger partial charge in [0.1, 0.15) is 5.75 Å². The predicted octanol–water partition coefficient (Wildman–Crippen LogP) is 4.35. The molecular weight excluding hydrogens is 428 g/mol. The first-order valence-electron chi connectivity index (χ1n) is 10.4. The number of anilines is 1. The SMILES string of the molecule is CCOC(=O)c1ccc(NC(=O)CSc2nnc(C(C)Oc3ccccc3)n2CC)cc1. The molecule has 1 atom stereocenters. The zero-order valence-electron chi connectivity index (χ0n) is 18.3. The summed E-state index contributed by atoms with van der Waals surface area (Å²) in [7, 11) is 0. The second-order valence-corrected chi connectivity index (χ2v) is 7.74.